The Hall–Kier alpha value is -1.10. The van der Waals surface area contributed by atoms with Gasteiger partial charge < -0.3 is 5.32 Å². The molecule has 1 aromatic carbocycles. The van der Waals surface area contributed by atoms with Gasteiger partial charge >= 0.3 is 0 Å². The molecule has 0 radical (unpaired) electrons. The smallest absolute Gasteiger partial charge is 0.257 e. The summed E-state index contributed by atoms with van der Waals surface area (Å²) in [5.41, 5.74) is 2.13. The van der Waals surface area contributed by atoms with Crippen LogP contribution in [0.4, 0.5) is 5.69 Å². The molecule has 19 heavy (non-hydrogen) atoms. The van der Waals surface area contributed by atoms with Crippen LogP contribution in [0.3, 0.4) is 0 Å². The van der Waals surface area contributed by atoms with E-state index in [0.717, 1.165) is 10.0 Å². The van der Waals surface area contributed by atoms with Crippen molar-refractivity contribution in [3.8, 4) is 0 Å². The van der Waals surface area contributed by atoms with Gasteiger partial charge in [0.05, 0.1) is 10.6 Å². The zero-order chi connectivity index (χ0) is 14.0. The van der Waals surface area contributed by atoms with E-state index in [1.54, 1.807) is 0 Å². The number of aryl methyl sites for hydroxylation is 1. The lowest BCUT2D eigenvalue weighted by atomic mass is 10.2. The van der Waals surface area contributed by atoms with Crippen molar-refractivity contribution in [2.45, 2.75) is 6.92 Å². The second-order valence-electron chi connectivity index (χ2n) is 3.91. The lowest BCUT2D eigenvalue weighted by Crippen LogP contribution is -2.12. The summed E-state index contributed by atoms with van der Waals surface area (Å²) in [6.07, 6.45) is 1.38. The third kappa shape index (κ3) is 3.47. The average molecular weight is 360 g/mol. The molecule has 0 atom stereocenters. The summed E-state index contributed by atoms with van der Waals surface area (Å²) in [5.74, 6) is -0.290. The first-order valence-electron chi connectivity index (χ1n) is 5.36. The second kappa shape index (κ2) is 5.90. The zero-order valence-electron chi connectivity index (χ0n) is 9.88. The first-order chi connectivity index (χ1) is 8.97. The van der Waals surface area contributed by atoms with Crippen molar-refractivity contribution in [3.63, 3.8) is 0 Å². The first kappa shape index (κ1) is 14.3. The quantitative estimate of drug-likeness (QED) is 0.789. The minimum atomic E-state index is -0.290. The van der Waals surface area contributed by atoms with E-state index in [4.69, 9.17) is 23.2 Å². The molecule has 0 saturated heterocycles. The molecule has 2 rings (SSSR count). The summed E-state index contributed by atoms with van der Waals surface area (Å²) in [7, 11) is 0. The highest BCUT2D eigenvalue weighted by atomic mass is 79.9. The van der Waals surface area contributed by atoms with E-state index in [1.807, 2.05) is 25.1 Å². The van der Waals surface area contributed by atoms with Crippen LogP contribution in [-0.2, 0) is 0 Å². The Kier molecular flexibility index (Phi) is 4.45. The summed E-state index contributed by atoms with van der Waals surface area (Å²) in [6.45, 7) is 1.97. The number of hydrogen-bond donors (Lipinski definition) is 1. The van der Waals surface area contributed by atoms with Crippen molar-refractivity contribution in [3.05, 3.63) is 56.2 Å². The highest BCUT2D eigenvalue weighted by Gasteiger charge is 2.10. The summed E-state index contributed by atoms with van der Waals surface area (Å²) < 4.78 is 0.928. The van der Waals surface area contributed by atoms with Gasteiger partial charge in [0.2, 0.25) is 0 Å². The van der Waals surface area contributed by atoms with Crippen LogP contribution in [0.1, 0.15) is 15.9 Å². The Labute approximate surface area is 129 Å². The van der Waals surface area contributed by atoms with Crippen LogP contribution >= 0.6 is 39.1 Å². The fraction of sp³-hybridized carbons (Fsp3) is 0.0769. The maximum absolute atomic E-state index is 12.0. The number of hydrogen-bond acceptors (Lipinski definition) is 2. The van der Waals surface area contributed by atoms with Gasteiger partial charge in [0.15, 0.2) is 0 Å². The minimum Gasteiger partial charge on any atom is -0.322 e. The molecule has 3 nitrogen and oxygen atoms in total. The molecule has 1 N–H and O–H groups in total. The number of carbonyl (C=O) groups is 1. The van der Waals surface area contributed by atoms with E-state index in [1.165, 1.54) is 12.3 Å². The van der Waals surface area contributed by atoms with Gasteiger partial charge in [0, 0.05) is 16.4 Å². The normalized spacial score (nSPS) is 10.3. The van der Waals surface area contributed by atoms with Crippen LogP contribution < -0.4 is 5.32 Å². The van der Waals surface area contributed by atoms with Gasteiger partial charge in [0.25, 0.3) is 5.91 Å². The van der Waals surface area contributed by atoms with Gasteiger partial charge in [-0.25, -0.2) is 4.98 Å². The Morgan fingerprint density at radius 1 is 1.32 bits per heavy atom. The van der Waals surface area contributed by atoms with Crippen LogP contribution in [0.5, 0.6) is 0 Å². The fourth-order valence-corrected chi connectivity index (χ4v) is 2.07. The van der Waals surface area contributed by atoms with E-state index < -0.39 is 0 Å². The van der Waals surface area contributed by atoms with Gasteiger partial charge in [0.1, 0.15) is 5.15 Å². The fourth-order valence-electron chi connectivity index (χ4n) is 1.42. The van der Waals surface area contributed by atoms with Gasteiger partial charge in [-0.1, -0.05) is 45.2 Å². The number of rotatable bonds is 2. The molecule has 0 spiro atoms. The van der Waals surface area contributed by atoms with E-state index in [2.05, 4.69) is 26.2 Å². The molecule has 0 aliphatic rings. The lowest BCUT2D eigenvalue weighted by molar-refractivity contribution is 0.102. The van der Waals surface area contributed by atoms with Crippen molar-refractivity contribution in [1.29, 1.82) is 0 Å². The third-order valence-electron chi connectivity index (χ3n) is 2.49. The summed E-state index contributed by atoms with van der Waals surface area (Å²) in [6, 6.07) is 7.05. The summed E-state index contributed by atoms with van der Waals surface area (Å²) in [5, 5.41) is 3.19. The number of benzene rings is 1. The number of halogens is 3. The van der Waals surface area contributed by atoms with Crippen LogP contribution in [0.2, 0.25) is 10.2 Å². The monoisotopic (exact) mass is 358 g/mol. The lowest BCUT2D eigenvalue weighted by Gasteiger charge is -2.07. The van der Waals surface area contributed by atoms with Crippen molar-refractivity contribution >= 4 is 50.7 Å². The number of carbonyl (C=O) groups excluding carboxylic acids is 1. The van der Waals surface area contributed by atoms with Gasteiger partial charge in [-0.15, -0.1) is 0 Å². The molecular weight excluding hydrogens is 351 g/mol. The Balaban J connectivity index is 2.20. The largest absolute Gasteiger partial charge is 0.322 e. The molecular formula is C13H9BrCl2N2O. The number of aromatic nitrogens is 1. The summed E-state index contributed by atoms with van der Waals surface area (Å²) >= 11 is 14.9. The standard InChI is InChI=1S/C13H9BrCl2N2O/c1-7-2-3-9(5-10(7)14)18-13(19)8-4-11(15)12(16)17-6-8/h2-6H,1H3,(H,18,19). The molecule has 0 bridgehead atoms. The molecule has 98 valence electrons. The van der Waals surface area contributed by atoms with Crippen molar-refractivity contribution in [1.82, 2.24) is 4.98 Å². The van der Waals surface area contributed by atoms with Crippen LogP contribution in [0, 0.1) is 6.92 Å². The molecule has 1 aromatic heterocycles. The number of nitrogens with zero attached hydrogens (tertiary/aromatic N) is 1. The SMILES string of the molecule is Cc1ccc(NC(=O)c2cnc(Cl)c(Cl)c2)cc1Br. The van der Waals surface area contributed by atoms with Gasteiger partial charge in [-0.2, -0.15) is 0 Å². The molecule has 0 saturated carbocycles. The molecule has 1 heterocycles. The molecule has 2 aromatic rings. The molecule has 0 fully saturated rings. The Morgan fingerprint density at radius 2 is 2.05 bits per heavy atom. The number of anilines is 1. The van der Waals surface area contributed by atoms with Crippen molar-refractivity contribution in [2.24, 2.45) is 0 Å². The molecule has 0 aliphatic carbocycles. The van der Waals surface area contributed by atoms with E-state index in [0.29, 0.717) is 11.3 Å². The van der Waals surface area contributed by atoms with E-state index in [-0.39, 0.29) is 16.1 Å². The van der Waals surface area contributed by atoms with Crippen LogP contribution in [0.15, 0.2) is 34.9 Å². The Morgan fingerprint density at radius 3 is 2.68 bits per heavy atom. The minimum absolute atomic E-state index is 0.177. The van der Waals surface area contributed by atoms with Crippen LogP contribution in [0.25, 0.3) is 0 Å². The average Bonchev–Trinajstić information content (AvgIpc) is 2.37. The molecule has 1 amide bonds. The Bertz CT molecular complexity index is 647. The third-order valence-corrected chi connectivity index (χ3v) is 4.03. The topological polar surface area (TPSA) is 42.0 Å². The predicted molar refractivity (Wildman–Crippen MR) is 81.1 cm³/mol. The second-order valence-corrected chi connectivity index (χ2v) is 5.53. The predicted octanol–water partition coefficient (Wildman–Crippen LogP) is 4.71. The highest BCUT2D eigenvalue weighted by molar-refractivity contribution is 9.10. The maximum Gasteiger partial charge on any atom is 0.257 e. The van der Waals surface area contributed by atoms with E-state index in [9.17, 15) is 4.79 Å². The molecule has 0 aliphatic heterocycles. The van der Waals surface area contributed by atoms with Gasteiger partial charge in [-0.05, 0) is 30.7 Å². The first-order valence-corrected chi connectivity index (χ1v) is 6.91. The van der Waals surface area contributed by atoms with Crippen molar-refractivity contribution < 1.29 is 4.79 Å². The van der Waals surface area contributed by atoms with E-state index >= 15 is 0 Å². The maximum atomic E-state index is 12.0. The number of nitrogens with one attached hydrogen (secondary N) is 1. The zero-order valence-corrected chi connectivity index (χ0v) is 13.0. The molecule has 6 heteroatoms. The number of pyridine rings is 1. The summed E-state index contributed by atoms with van der Waals surface area (Å²) in [4.78, 5) is 15.8. The van der Waals surface area contributed by atoms with Crippen LogP contribution in [-0.4, -0.2) is 10.9 Å². The van der Waals surface area contributed by atoms with Gasteiger partial charge in [-0.3, -0.25) is 4.79 Å². The highest BCUT2D eigenvalue weighted by Crippen LogP contribution is 2.22. The van der Waals surface area contributed by atoms with Crippen molar-refractivity contribution in [2.75, 3.05) is 5.32 Å². The number of amides is 1. The molecule has 0 unspecified atom stereocenters.